The number of rotatable bonds is 9. The lowest BCUT2D eigenvalue weighted by atomic mass is 10.6. The van der Waals surface area contributed by atoms with Gasteiger partial charge in [0.05, 0.1) is 0 Å². The van der Waals surface area contributed by atoms with Gasteiger partial charge in [0.1, 0.15) is 19.8 Å². The van der Waals surface area contributed by atoms with Crippen molar-refractivity contribution in [3.05, 3.63) is 37.6 Å². The van der Waals surface area contributed by atoms with Crippen LogP contribution in [-0.2, 0) is 0 Å². The van der Waals surface area contributed by atoms with E-state index in [1.165, 1.54) is 0 Å². The molecule has 0 amide bonds. The Morgan fingerprint density at radius 2 is 1.37 bits per heavy atom. The summed E-state index contributed by atoms with van der Waals surface area (Å²) < 4.78 is 15.6. The quantitative estimate of drug-likeness (QED) is 0.661. The van der Waals surface area contributed by atoms with Crippen molar-refractivity contribution in [3.63, 3.8) is 0 Å². The van der Waals surface area contributed by atoms with Gasteiger partial charge in [0.25, 0.3) is 0 Å². The number of hydrogen-bond acceptors (Lipinski definition) is 7. The second kappa shape index (κ2) is 7.70. The molecule has 0 radical (unpaired) electrons. The van der Waals surface area contributed by atoms with Crippen LogP contribution >= 0.6 is 0 Å². The van der Waals surface area contributed by atoms with Gasteiger partial charge in [-0.1, -0.05) is 31.9 Å². The van der Waals surface area contributed by atoms with Crippen molar-refractivity contribution in [3.8, 4) is 18.0 Å². The molecule has 19 heavy (non-hydrogen) atoms. The van der Waals surface area contributed by atoms with Gasteiger partial charge >= 0.3 is 18.0 Å². The molecular weight excluding hydrogens is 248 g/mol. The molecule has 0 aliphatic rings. The van der Waals surface area contributed by atoms with E-state index in [9.17, 15) is 0 Å². The third-order valence-electron chi connectivity index (χ3n) is 1.62. The molecule has 0 aromatic carbocycles. The van der Waals surface area contributed by atoms with E-state index < -0.39 is 0 Å². The molecule has 0 aliphatic heterocycles. The van der Waals surface area contributed by atoms with Crippen LogP contribution in [-0.4, -0.2) is 34.8 Å². The Morgan fingerprint density at radius 1 is 0.947 bits per heavy atom. The van der Waals surface area contributed by atoms with E-state index in [-0.39, 0.29) is 37.9 Å². The monoisotopic (exact) mass is 264 g/mol. The minimum Gasteiger partial charge on any atom is -0.459 e. The maximum absolute atomic E-state index is 5.40. The van der Waals surface area contributed by atoms with Crippen molar-refractivity contribution >= 4 is 0 Å². The van der Waals surface area contributed by atoms with Gasteiger partial charge in [-0.2, -0.15) is 0 Å². The summed E-state index contributed by atoms with van der Waals surface area (Å²) in [4.78, 5) is 11.8. The van der Waals surface area contributed by atoms with E-state index in [2.05, 4.69) is 34.7 Å². The number of hydrogen-bond donors (Lipinski definition) is 1. The van der Waals surface area contributed by atoms with Crippen molar-refractivity contribution in [2.45, 2.75) is 0 Å². The predicted octanol–water partition coefficient (Wildman–Crippen LogP) is 0.852. The second-order valence-corrected chi connectivity index (χ2v) is 3.33. The first kappa shape index (κ1) is 14.5. The Labute approximate surface area is 111 Å². The van der Waals surface area contributed by atoms with Gasteiger partial charge in [0.2, 0.25) is 0 Å². The molecule has 102 valence electrons. The van der Waals surface area contributed by atoms with E-state index in [1.54, 1.807) is 12.2 Å². The van der Waals surface area contributed by atoms with Gasteiger partial charge < -0.3 is 19.9 Å². The Morgan fingerprint density at radius 3 is 1.74 bits per heavy atom. The van der Waals surface area contributed by atoms with E-state index in [1.807, 2.05) is 0 Å². The highest BCUT2D eigenvalue weighted by atomic mass is 16.5. The first-order valence-corrected chi connectivity index (χ1v) is 5.45. The van der Waals surface area contributed by atoms with Crippen LogP contribution in [0, 0.1) is 0 Å². The smallest absolute Gasteiger partial charge is 0.326 e. The molecule has 0 atom stereocenters. The lowest BCUT2D eigenvalue weighted by molar-refractivity contribution is 0.265. The second-order valence-electron chi connectivity index (χ2n) is 3.33. The fraction of sp³-hybridized carbons (Fsp3) is 0.250. The summed E-state index contributed by atoms with van der Waals surface area (Å²) in [5.74, 6) is 0. The average molecular weight is 264 g/mol. The van der Waals surface area contributed by atoms with Gasteiger partial charge in [0, 0.05) is 5.70 Å². The molecule has 7 nitrogen and oxygen atoms in total. The van der Waals surface area contributed by atoms with Gasteiger partial charge in [0.15, 0.2) is 0 Å². The highest BCUT2D eigenvalue weighted by Crippen LogP contribution is 2.14. The zero-order valence-corrected chi connectivity index (χ0v) is 10.5. The zero-order chi connectivity index (χ0) is 14.1. The molecule has 0 unspecified atom stereocenters. The summed E-state index contributed by atoms with van der Waals surface area (Å²) in [6.45, 7) is 11.2. The molecule has 0 spiro atoms. The first-order chi connectivity index (χ1) is 9.15. The summed E-state index contributed by atoms with van der Waals surface area (Å²) in [5, 5.41) is 0. The van der Waals surface area contributed by atoms with Crippen molar-refractivity contribution in [1.82, 2.24) is 15.0 Å². The largest absolute Gasteiger partial charge is 0.459 e. The number of ether oxygens (including phenoxy) is 3. The SMILES string of the molecule is C=CCOc1nc(OCC=C)nc(OCC(=C)N)n1. The van der Waals surface area contributed by atoms with Crippen LogP contribution in [0.1, 0.15) is 0 Å². The number of nitrogens with two attached hydrogens (primary N) is 1. The van der Waals surface area contributed by atoms with Gasteiger partial charge in [-0.05, 0) is 0 Å². The molecule has 1 aromatic rings. The third kappa shape index (κ3) is 5.53. The van der Waals surface area contributed by atoms with Crippen LogP contribution in [0.25, 0.3) is 0 Å². The number of aromatic nitrogens is 3. The lowest BCUT2D eigenvalue weighted by Crippen LogP contribution is -2.11. The maximum atomic E-state index is 5.40. The van der Waals surface area contributed by atoms with Crippen LogP contribution in [0.2, 0.25) is 0 Å². The van der Waals surface area contributed by atoms with Gasteiger partial charge in [-0.25, -0.2) is 0 Å². The Kier molecular flexibility index (Phi) is 5.87. The Hall–Kier alpha value is -2.57. The third-order valence-corrected chi connectivity index (χ3v) is 1.62. The van der Waals surface area contributed by atoms with Crippen molar-refractivity contribution in [2.24, 2.45) is 5.73 Å². The summed E-state index contributed by atoms with van der Waals surface area (Å²) >= 11 is 0. The van der Waals surface area contributed by atoms with Gasteiger partial charge in [-0.3, -0.25) is 0 Å². The summed E-state index contributed by atoms with van der Waals surface area (Å²) in [6, 6.07) is 0.193. The number of nitrogens with zero attached hydrogens (tertiary/aromatic N) is 3. The van der Waals surface area contributed by atoms with E-state index >= 15 is 0 Å². The standard InChI is InChI=1S/C12H16N4O3/c1-4-6-17-10-14-11(18-7-5-2)16-12(15-10)19-8-9(3)13/h4-5H,1-3,6-8,13H2. The highest BCUT2D eigenvalue weighted by Gasteiger charge is 2.09. The van der Waals surface area contributed by atoms with Crippen molar-refractivity contribution < 1.29 is 14.2 Å². The highest BCUT2D eigenvalue weighted by molar-refractivity contribution is 5.10. The molecular formula is C12H16N4O3. The molecule has 7 heteroatoms. The molecule has 2 N–H and O–H groups in total. The van der Waals surface area contributed by atoms with E-state index in [0.717, 1.165) is 0 Å². The lowest BCUT2D eigenvalue weighted by Gasteiger charge is -2.08. The molecule has 1 aromatic heterocycles. The van der Waals surface area contributed by atoms with Crippen molar-refractivity contribution in [2.75, 3.05) is 19.8 Å². The molecule has 1 heterocycles. The fourth-order valence-electron chi connectivity index (χ4n) is 0.938. The van der Waals surface area contributed by atoms with E-state index in [0.29, 0.717) is 5.70 Å². The van der Waals surface area contributed by atoms with E-state index in [4.69, 9.17) is 19.9 Å². The van der Waals surface area contributed by atoms with Crippen LogP contribution < -0.4 is 19.9 Å². The molecule has 0 bridgehead atoms. The Balaban J connectivity index is 2.83. The summed E-state index contributed by atoms with van der Waals surface area (Å²) in [6.07, 6.45) is 3.13. The topological polar surface area (TPSA) is 92.4 Å². The minimum atomic E-state index is 0.0414. The van der Waals surface area contributed by atoms with Crippen molar-refractivity contribution in [1.29, 1.82) is 0 Å². The summed E-state index contributed by atoms with van der Waals surface area (Å²) in [5.41, 5.74) is 5.75. The van der Waals surface area contributed by atoms with Crippen LogP contribution in [0.15, 0.2) is 37.6 Å². The first-order valence-electron chi connectivity index (χ1n) is 5.45. The van der Waals surface area contributed by atoms with Crippen LogP contribution in [0.3, 0.4) is 0 Å². The zero-order valence-electron chi connectivity index (χ0n) is 10.5. The van der Waals surface area contributed by atoms with Crippen LogP contribution in [0.4, 0.5) is 0 Å². The molecule has 1 rings (SSSR count). The average Bonchev–Trinajstić information content (AvgIpc) is 2.40. The summed E-state index contributed by atoms with van der Waals surface area (Å²) in [7, 11) is 0. The maximum Gasteiger partial charge on any atom is 0.326 e. The molecule has 0 saturated carbocycles. The normalized spacial score (nSPS) is 9.47. The molecule has 0 saturated heterocycles. The minimum absolute atomic E-state index is 0.0414. The predicted molar refractivity (Wildman–Crippen MR) is 70.0 cm³/mol. The molecule has 0 aliphatic carbocycles. The van der Waals surface area contributed by atoms with Crippen LogP contribution in [0.5, 0.6) is 18.0 Å². The van der Waals surface area contributed by atoms with Gasteiger partial charge in [-0.15, -0.1) is 15.0 Å². The molecule has 0 fully saturated rings. The fourth-order valence-corrected chi connectivity index (χ4v) is 0.938. The Bertz CT molecular complexity index is 432.